The first-order valence-corrected chi connectivity index (χ1v) is 8.17. The van der Waals surface area contributed by atoms with Crippen molar-refractivity contribution < 1.29 is 21.6 Å². The Morgan fingerprint density at radius 2 is 1.57 bits per heavy atom. The summed E-state index contributed by atoms with van der Waals surface area (Å²) in [4.78, 5) is 0.00818. The zero-order valence-electron chi connectivity index (χ0n) is 11.2. The maximum absolute atomic E-state index is 12.6. The summed E-state index contributed by atoms with van der Waals surface area (Å²) in [5, 5.41) is 8.12. The van der Waals surface area contributed by atoms with Crippen LogP contribution >= 0.6 is 0 Å². The van der Waals surface area contributed by atoms with E-state index in [1.54, 1.807) is 12.1 Å². The van der Waals surface area contributed by atoms with Gasteiger partial charge in [0.15, 0.2) is 0 Å². The van der Waals surface area contributed by atoms with Gasteiger partial charge in [0.2, 0.25) is 10.0 Å². The number of benzene rings is 1. The van der Waals surface area contributed by atoms with E-state index in [4.69, 9.17) is 5.14 Å². The summed E-state index contributed by atoms with van der Waals surface area (Å²) in [6, 6.07) is 5.85. The summed E-state index contributed by atoms with van der Waals surface area (Å²) in [6.45, 7) is 0. The molecule has 0 bridgehead atoms. The molecule has 118 valence electrons. The van der Waals surface area contributed by atoms with Crippen LogP contribution in [0, 0.1) is 5.92 Å². The lowest BCUT2D eigenvalue weighted by Gasteiger charge is -2.30. The number of nitrogens with one attached hydrogen (secondary N) is 1. The number of rotatable bonds is 3. The standard InChI is InChI=1S/C13H17F3N2O2S/c14-13(15,16)9-1-3-10(4-2-9)18-11-5-7-12(8-6-11)21(17,19)20/h5-10,18H,1-4H2,(H2,17,19,20)/t9-,10-. The van der Waals surface area contributed by atoms with Crippen molar-refractivity contribution in [1.82, 2.24) is 0 Å². The van der Waals surface area contributed by atoms with E-state index in [1.165, 1.54) is 12.1 Å². The van der Waals surface area contributed by atoms with Crippen molar-refractivity contribution >= 4 is 15.7 Å². The quantitative estimate of drug-likeness (QED) is 0.899. The molecular formula is C13H17F3N2O2S. The number of hydrogen-bond acceptors (Lipinski definition) is 3. The highest BCUT2D eigenvalue weighted by Gasteiger charge is 2.41. The number of sulfonamides is 1. The maximum Gasteiger partial charge on any atom is 0.391 e. The van der Waals surface area contributed by atoms with E-state index in [9.17, 15) is 21.6 Å². The zero-order valence-corrected chi connectivity index (χ0v) is 12.0. The van der Waals surface area contributed by atoms with E-state index >= 15 is 0 Å². The van der Waals surface area contributed by atoms with E-state index in [-0.39, 0.29) is 23.8 Å². The Kier molecular flexibility index (Phi) is 4.48. The molecule has 3 N–H and O–H groups in total. The molecule has 0 aromatic heterocycles. The fourth-order valence-corrected chi connectivity index (χ4v) is 3.06. The molecule has 0 aliphatic heterocycles. The van der Waals surface area contributed by atoms with Gasteiger partial charge in [-0.2, -0.15) is 13.2 Å². The molecule has 0 heterocycles. The summed E-state index contributed by atoms with van der Waals surface area (Å²) in [7, 11) is -3.73. The van der Waals surface area contributed by atoms with Crippen molar-refractivity contribution in [2.24, 2.45) is 11.1 Å². The molecule has 0 spiro atoms. The Balaban J connectivity index is 1.92. The van der Waals surface area contributed by atoms with E-state index in [2.05, 4.69) is 5.32 Å². The van der Waals surface area contributed by atoms with Gasteiger partial charge in [0.1, 0.15) is 0 Å². The highest BCUT2D eigenvalue weighted by molar-refractivity contribution is 7.89. The van der Waals surface area contributed by atoms with Gasteiger partial charge in [-0.25, -0.2) is 13.6 Å². The second-order valence-corrected chi connectivity index (χ2v) is 6.87. The SMILES string of the molecule is NS(=O)(=O)c1ccc(N[C@H]2CC[C@H](C(F)(F)F)CC2)cc1. The predicted molar refractivity (Wildman–Crippen MR) is 73.2 cm³/mol. The normalized spacial score (nSPS) is 23.8. The van der Waals surface area contributed by atoms with Crippen LogP contribution in [0.1, 0.15) is 25.7 Å². The summed E-state index contributed by atoms with van der Waals surface area (Å²) >= 11 is 0. The summed E-state index contributed by atoms with van der Waals surface area (Å²) in [6.07, 6.45) is -2.98. The first-order chi connectivity index (χ1) is 9.66. The largest absolute Gasteiger partial charge is 0.391 e. The number of nitrogens with two attached hydrogens (primary N) is 1. The molecule has 0 amide bonds. The molecule has 0 atom stereocenters. The Labute approximate surface area is 121 Å². The van der Waals surface area contributed by atoms with Crippen LogP contribution in [0.4, 0.5) is 18.9 Å². The second-order valence-electron chi connectivity index (χ2n) is 5.30. The average Bonchev–Trinajstić information content (AvgIpc) is 2.38. The molecule has 0 unspecified atom stereocenters. The van der Waals surface area contributed by atoms with Gasteiger partial charge < -0.3 is 5.32 Å². The van der Waals surface area contributed by atoms with E-state index in [0.29, 0.717) is 18.5 Å². The molecule has 1 aliphatic carbocycles. The molecule has 0 saturated heterocycles. The number of anilines is 1. The van der Waals surface area contributed by atoms with Crippen LogP contribution in [-0.4, -0.2) is 20.6 Å². The van der Waals surface area contributed by atoms with E-state index < -0.39 is 22.1 Å². The van der Waals surface area contributed by atoms with Crippen LogP contribution in [0.15, 0.2) is 29.2 Å². The van der Waals surface area contributed by atoms with Crippen LogP contribution in [0.3, 0.4) is 0 Å². The van der Waals surface area contributed by atoms with Gasteiger partial charge >= 0.3 is 6.18 Å². The van der Waals surface area contributed by atoms with Gasteiger partial charge in [-0.3, -0.25) is 0 Å². The van der Waals surface area contributed by atoms with Crippen molar-refractivity contribution in [2.75, 3.05) is 5.32 Å². The van der Waals surface area contributed by atoms with Crippen LogP contribution in [0.5, 0.6) is 0 Å². The third-order valence-electron chi connectivity index (χ3n) is 3.74. The van der Waals surface area contributed by atoms with Gasteiger partial charge in [0.25, 0.3) is 0 Å². The van der Waals surface area contributed by atoms with Crippen LogP contribution < -0.4 is 10.5 Å². The van der Waals surface area contributed by atoms with Gasteiger partial charge in [0, 0.05) is 11.7 Å². The van der Waals surface area contributed by atoms with Crippen molar-refractivity contribution in [1.29, 1.82) is 0 Å². The van der Waals surface area contributed by atoms with Crippen molar-refractivity contribution in [3.05, 3.63) is 24.3 Å². The molecule has 1 saturated carbocycles. The van der Waals surface area contributed by atoms with E-state index in [1.807, 2.05) is 0 Å². The molecule has 1 aromatic carbocycles. The summed E-state index contributed by atoms with van der Waals surface area (Å²) < 4.78 is 59.9. The van der Waals surface area contributed by atoms with Gasteiger partial charge in [-0.05, 0) is 49.9 Å². The molecule has 1 fully saturated rings. The monoisotopic (exact) mass is 322 g/mol. The first-order valence-electron chi connectivity index (χ1n) is 6.62. The van der Waals surface area contributed by atoms with Gasteiger partial charge in [-0.1, -0.05) is 0 Å². The Bertz CT molecular complexity index is 576. The molecule has 8 heteroatoms. The topological polar surface area (TPSA) is 72.2 Å². The van der Waals surface area contributed by atoms with Gasteiger partial charge in [0.05, 0.1) is 10.8 Å². The lowest BCUT2D eigenvalue weighted by molar-refractivity contribution is -0.182. The minimum absolute atomic E-state index is 0.00818. The lowest BCUT2D eigenvalue weighted by atomic mass is 9.85. The lowest BCUT2D eigenvalue weighted by Crippen LogP contribution is -2.32. The number of hydrogen-bond donors (Lipinski definition) is 2. The number of alkyl halides is 3. The van der Waals surface area contributed by atoms with Crippen LogP contribution in [-0.2, 0) is 10.0 Å². The third kappa shape index (κ3) is 4.34. The molecule has 1 aliphatic rings. The average molecular weight is 322 g/mol. The van der Waals surface area contributed by atoms with E-state index in [0.717, 1.165) is 0 Å². The molecule has 1 aromatic rings. The maximum atomic E-state index is 12.6. The zero-order chi connectivity index (χ0) is 15.7. The molecule has 0 radical (unpaired) electrons. The van der Waals surface area contributed by atoms with Crippen molar-refractivity contribution in [3.8, 4) is 0 Å². The summed E-state index contributed by atoms with van der Waals surface area (Å²) in [5.41, 5.74) is 0.679. The fraction of sp³-hybridized carbons (Fsp3) is 0.538. The summed E-state index contributed by atoms with van der Waals surface area (Å²) in [5.74, 6) is -1.21. The Morgan fingerprint density at radius 3 is 2.00 bits per heavy atom. The number of halogens is 3. The highest BCUT2D eigenvalue weighted by atomic mass is 32.2. The molecular weight excluding hydrogens is 305 g/mol. The minimum atomic E-state index is -4.11. The second kappa shape index (κ2) is 5.84. The highest BCUT2D eigenvalue weighted by Crippen LogP contribution is 2.38. The Morgan fingerprint density at radius 1 is 1.05 bits per heavy atom. The molecule has 2 rings (SSSR count). The molecule has 4 nitrogen and oxygen atoms in total. The Hall–Kier alpha value is -1.28. The first kappa shape index (κ1) is 16.1. The van der Waals surface area contributed by atoms with Crippen molar-refractivity contribution in [2.45, 2.75) is 42.8 Å². The number of primary sulfonamides is 1. The third-order valence-corrected chi connectivity index (χ3v) is 4.67. The smallest absolute Gasteiger partial charge is 0.382 e. The minimum Gasteiger partial charge on any atom is -0.382 e. The molecule has 21 heavy (non-hydrogen) atoms. The fourth-order valence-electron chi connectivity index (χ4n) is 2.54. The van der Waals surface area contributed by atoms with Crippen LogP contribution in [0.25, 0.3) is 0 Å². The van der Waals surface area contributed by atoms with Gasteiger partial charge in [-0.15, -0.1) is 0 Å². The van der Waals surface area contributed by atoms with Crippen LogP contribution in [0.2, 0.25) is 0 Å². The predicted octanol–water partition coefficient (Wildman–Crippen LogP) is 2.87. The van der Waals surface area contributed by atoms with Crippen molar-refractivity contribution in [3.63, 3.8) is 0 Å².